The van der Waals surface area contributed by atoms with E-state index in [4.69, 9.17) is 0 Å². The van der Waals surface area contributed by atoms with Gasteiger partial charge in [0, 0.05) is 30.7 Å². The smallest absolute Gasteiger partial charge is 0.378 e. The van der Waals surface area contributed by atoms with E-state index in [1.807, 2.05) is 0 Å². The molecule has 2 heterocycles. The number of aliphatic carboxylic acids is 1. The molecule has 3 aromatic rings. The molecule has 7 nitrogen and oxygen atoms in total. The highest BCUT2D eigenvalue weighted by atomic mass is 19.1. The lowest BCUT2D eigenvalue weighted by atomic mass is 10.0. The fraction of sp³-hybridized carbons (Fsp3) is 0.143. The van der Waals surface area contributed by atoms with Gasteiger partial charge in [0.05, 0.1) is 11.3 Å². The van der Waals surface area contributed by atoms with E-state index in [-0.39, 0.29) is 16.8 Å². The minimum Gasteiger partial charge on any atom is -0.475 e. The second kappa shape index (κ2) is 7.67. The molecule has 1 aromatic carbocycles. The van der Waals surface area contributed by atoms with Crippen LogP contribution >= 0.6 is 0 Å². The fourth-order valence-electron chi connectivity index (χ4n) is 3.29. The normalized spacial score (nSPS) is 10.6. The Morgan fingerprint density at radius 2 is 1.76 bits per heavy atom. The van der Waals surface area contributed by atoms with E-state index in [1.54, 1.807) is 19.1 Å². The lowest BCUT2D eigenvalue weighted by molar-refractivity contribution is -0.131. The SMILES string of the molecule is Cc1cc(NC(=O)c2c(C)c(C(=O)C(=O)O)n(C)c2-c2ccncc2)ccc1F. The van der Waals surface area contributed by atoms with E-state index >= 15 is 0 Å². The molecule has 0 aliphatic heterocycles. The van der Waals surface area contributed by atoms with Crippen molar-refractivity contribution in [2.75, 3.05) is 5.32 Å². The lowest BCUT2D eigenvalue weighted by Gasteiger charge is -2.10. The molecular formula is C21H18FN3O4. The van der Waals surface area contributed by atoms with E-state index < -0.39 is 23.5 Å². The Hall–Kier alpha value is -3.81. The third kappa shape index (κ3) is 3.64. The zero-order valence-corrected chi connectivity index (χ0v) is 16.0. The van der Waals surface area contributed by atoms with Gasteiger partial charge in [0.2, 0.25) is 0 Å². The Labute approximate surface area is 165 Å². The number of anilines is 1. The van der Waals surface area contributed by atoms with Gasteiger partial charge in [-0.05, 0) is 55.3 Å². The second-order valence-electron chi connectivity index (χ2n) is 6.54. The van der Waals surface area contributed by atoms with Crippen LogP contribution in [0, 0.1) is 19.7 Å². The van der Waals surface area contributed by atoms with Crippen LogP contribution in [0.25, 0.3) is 11.3 Å². The number of halogens is 1. The van der Waals surface area contributed by atoms with Gasteiger partial charge >= 0.3 is 5.97 Å². The summed E-state index contributed by atoms with van der Waals surface area (Å²) >= 11 is 0. The van der Waals surface area contributed by atoms with E-state index in [2.05, 4.69) is 10.3 Å². The summed E-state index contributed by atoms with van der Waals surface area (Å²) in [6.45, 7) is 3.09. The number of ketones is 1. The average molecular weight is 395 g/mol. The number of carboxylic acids is 1. The van der Waals surface area contributed by atoms with Crippen molar-refractivity contribution in [2.45, 2.75) is 13.8 Å². The van der Waals surface area contributed by atoms with E-state index in [1.165, 1.54) is 49.1 Å². The van der Waals surface area contributed by atoms with Crippen molar-refractivity contribution in [3.8, 4) is 11.3 Å². The fourth-order valence-corrected chi connectivity index (χ4v) is 3.29. The van der Waals surface area contributed by atoms with Crippen molar-refractivity contribution in [3.05, 3.63) is 70.9 Å². The number of hydrogen-bond donors (Lipinski definition) is 2. The zero-order chi connectivity index (χ0) is 21.3. The highest BCUT2D eigenvalue weighted by molar-refractivity contribution is 6.40. The van der Waals surface area contributed by atoms with E-state index in [0.717, 1.165) is 0 Å². The third-order valence-electron chi connectivity index (χ3n) is 4.64. The Balaban J connectivity index is 2.17. The number of rotatable bonds is 5. The summed E-state index contributed by atoms with van der Waals surface area (Å²) in [4.78, 5) is 40.6. The number of pyridine rings is 1. The second-order valence-corrected chi connectivity index (χ2v) is 6.54. The van der Waals surface area contributed by atoms with Crippen molar-refractivity contribution in [2.24, 2.45) is 7.05 Å². The Morgan fingerprint density at radius 1 is 1.10 bits per heavy atom. The molecule has 0 fully saturated rings. The topological polar surface area (TPSA) is 101 Å². The van der Waals surface area contributed by atoms with Crippen LogP contribution in [0.15, 0.2) is 42.7 Å². The molecule has 0 aliphatic carbocycles. The number of benzene rings is 1. The van der Waals surface area contributed by atoms with E-state index in [0.29, 0.717) is 22.5 Å². The molecule has 8 heteroatoms. The number of nitrogens with zero attached hydrogens (tertiary/aromatic N) is 2. The van der Waals surface area contributed by atoms with Gasteiger partial charge in [-0.1, -0.05) is 0 Å². The van der Waals surface area contributed by atoms with Gasteiger partial charge in [-0.25, -0.2) is 9.18 Å². The number of amides is 1. The first-order valence-electron chi connectivity index (χ1n) is 8.67. The number of hydrogen-bond acceptors (Lipinski definition) is 4. The maximum Gasteiger partial charge on any atom is 0.378 e. The molecule has 3 rings (SSSR count). The molecule has 0 aliphatic rings. The Morgan fingerprint density at radius 3 is 2.34 bits per heavy atom. The van der Waals surface area contributed by atoms with Crippen LogP contribution in [0.1, 0.15) is 32.0 Å². The first-order chi connectivity index (χ1) is 13.7. The standard InChI is InChI=1S/C21H18FN3O4/c1-11-10-14(4-5-15(11)22)24-20(27)16-12(2)17(19(26)21(28)29)25(3)18(16)13-6-8-23-9-7-13/h4-10H,1-3H3,(H,24,27)(H,28,29). The van der Waals surface area contributed by atoms with Crippen LogP contribution < -0.4 is 5.32 Å². The van der Waals surface area contributed by atoms with Gasteiger partial charge in [0.25, 0.3) is 11.7 Å². The number of carbonyl (C=O) groups is 3. The van der Waals surface area contributed by atoms with Crippen molar-refractivity contribution in [1.82, 2.24) is 9.55 Å². The molecule has 0 unspecified atom stereocenters. The van der Waals surface area contributed by atoms with E-state index in [9.17, 15) is 23.9 Å². The molecule has 1 amide bonds. The van der Waals surface area contributed by atoms with Gasteiger partial charge in [-0.15, -0.1) is 0 Å². The maximum atomic E-state index is 13.5. The van der Waals surface area contributed by atoms with Crippen LogP contribution in [0.5, 0.6) is 0 Å². The Kier molecular flexibility index (Phi) is 5.27. The molecule has 29 heavy (non-hydrogen) atoms. The third-order valence-corrected chi connectivity index (χ3v) is 4.64. The predicted octanol–water partition coefficient (Wildman–Crippen LogP) is 3.36. The molecule has 2 aromatic heterocycles. The van der Waals surface area contributed by atoms with Crippen LogP contribution in [0.3, 0.4) is 0 Å². The average Bonchev–Trinajstić information content (AvgIpc) is 2.95. The molecule has 0 spiro atoms. The van der Waals surface area contributed by atoms with Crippen molar-refractivity contribution < 1.29 is 23.9 Å². The van der Waals surface area contributed by atoms with Gasteiger partial charge < -0.3 is 15.0 Å². The molecule has 0 radical (unpaired) electrons. The minimum absolute atomic E-state index is 0.0928. The Bertz CT molecular complexity index is 1140. The molecule has 2 N–H and O–H groups in total. The van der Waals surface area contributed by atoms with Crippen LogP contribution in [0.4, 0.5) is 10.1 Å². The van der Waals surface area contributed by atoms with Crippen molar-refractivity contribution in [3.63, 3.8) is 0 Å². The molecule has 0 bridgehead atoms. The van der Waals surface area contributed by atoms with Gasteiger partial charge in [-0.3, -0.25) is 14.6 Å². The molecule has 0 atom stereocenters. The zero-order valence-electron chi connectivity index (χ0n) is 16.0. The summed E-state index contributed by atoms with van der Waals surface area (Å²) in [7, 11) is 1.53. The van der Waals surface area contributed by atoms with Crippen LogP contribution in [-0.4, -0.2) is 32.3 Å². The van der Waals surface area contributed by atoms with Gasteiger partial charge in [0.15, 0.2) is 0 Å². The lowest BCUT2D eigenvalue weighted by Crippen LogP contribution is -2.17. The predicted molar refractivity (Wildman–Crippen MR) is 104 cm³/mol. The quantitative estimate of drug-likeness (QED) is 0.510. The number of nitrogens with one attached hydrogen (secondary N) is 1. The highest BCUT2D eigenvalue weighted by Crippen LogP contribution is 2.31. The number of aryl methyl sites for hydroxylation is 1. The summed E-state index contributed by atoms with van der Waals surface area (Å²) in [6, 6.07) is 7.46. The molecular weight excluding hydrogens is 377 g/mol. The van der Waals surface area contributed by atoms with Crippen LogP contribution in [0.2, 0.25) is 0 Å². The van der Waals surface area contributed by atoms with Gasteiger partial charge in [-0.2, -0.15) is 0 Å². The summed E-state index contributed by atoms with van der Waals surface area (Å²) < 4.78 is 14.9. The van der Waals surface area contributed by atoms with Crippen LogP contribution in [-0.2, 0) is 11.8 Å². The highest BCUT2D eigenvalue weighted by Gasteiger charge is 2.30. The number of carbonyl (C=O) groups excluding carboxylic acids is 2. The number of Topliss-reactive ketones (excluding diaryl/α,β-unsaturated/α-hetero) is 1. The van der Waals surface area contributed by atoms with Crippen molar-refractivity contribution in [1.29, 1.82) is 0 Å². The first-order valence-corrected chi connectivity index (χ1v) is 8.67. The summed E-state index contributed by atoms with van der Waals surface area (Å²) in [5, 5.41) is 11.9. The molecule has 0 saturated carbocycles. The van der Waals surface area contributed by atoms with Crippen molar-refractivity contribution >= 4 is 23.3 Å². The number of aromatic nitrogens is 2. The monoisotopic (exact) mass is 395 g/mol. The summed E-state index contributed by atoms with van der Waals surface area (Å²) in [5.74, 6) is -3.67. The number of carboxylic acid groups (broad SMARTS) is 1. The molecule has 0 saturated heterocycles. The first kappa shape index (κ1) is 19.9. The summed E-state index contributed by atoms with van der Waals surface area (Å²) in [5.41, 5.74) is 2.02. The maximum absolute atomic E-state index is 13.5. The van der Waals surface area contributed by atoms with Gasteiger partial charge in [0.1, 0.15) is 11.5 Å². The largest absolute Gasteiger partial charge is 0.475 e. The molecule has 148 valence electrons. The summed E-state index contributed by atoms with van der Waals surface area (Å²) in [6.07, 6.45) is 3.06. The minimum atomic E-state index is -1.61.